The summed E-state index contributed by atoms with van der Waals surface area (Å²) in [6.07, 6.45) is -0.104. The molecule has 1 aromatic carbocycles. The summed E-state index contributed by atoms with van der Waals surface area (Å²) in [6.45, 7) is 4.70. The molecule has 0 bridgehead atoms. The van der Waals surface area contributed by atoms with Crippen LogP contribution in [0.4, 0.5) is 8.78 Å². The second-order valence-electron chi connectivity index (χ2n) is 5.07. The highest BCUT2D eigenvalue weighted by molar-refractivity contribution is 5.84. The molecule has 1 heterocycles. The summed E-state index contributed by atoms with van der Waals surface area (Å²) in [5.41, 5.74) is -1.14. The molecule has 0 amide bonds. The van der Waals surface area contributed by atoms with Gasteiger partial charge in [-0.15, -0.1) is 0 Å². The first-order valence-electron chi connectivity index (χ1n) is 6.25. The molecule has 5 heteroatoms. The minimum absolute atomic E-state index is 0.104. The number of halogens is 2. The second-order valence-corrected chi connectivity index (χ2v) is 5.07. The average molecular weight is 280 g/mol. The van der Waals surface area contributed by atoms with E-state index in [1.807, 2.05) is 0 Å². The Morgan fingerprint density at radius 3 is 2.55 bits per heavy atom. The van der Waals surface area contributed by atoms with Gasteiger partial charge in [0.05, 0.1) is 0 Å². The van der Waals surface area contributed by atoms with Gasteiger partial charge in [0.15, 0.2) is 11.4 Å². The fourth-order valence-electron chi connectivity index (χ4n) is 1.84. The average Bonchev–Trinajstić information content (AvgIpc) is 2.38. The Hall–Kier alpha value is -2.04. The molecule has 0 saturated carbocycles. The molecule has 0 fully saturated rings. The summed E-state index contributed by atoms with van der Waals surface area (Å²) in [5, 5.41) is 0.136. The van der Waals surface area contributed by atoms with Gasteiger partial charge in [-0.1, -0.05) is 13.8 Å². The van der Waals surface area contributed by atoms with Crippen LogP contribution in [-0.4, -0.2) is 5.78 Å². The van der Waals surface area contributed by atoms with E-state index >= 15 is 0 Å². The van der Waals surface area contributed by atoms with Crippen molar-refractivity contribution in [2.24, 2.45) is 5.92 Å². The minimum atomic E-state index is -0.890. The summed E-state index contributed by atoms with van der Waals surface area (Å²) in [6, 6.07) is 2.41. The number of carbonyl (C=O) groups is 1. The number of fused-ring (bicyclic) bond motifs is 1. The highest BCUT2D eigenvalue weighted by atomic mass is 19.1. The summed E-state index contributed by atoms with van der Waals surface area (Å²) >= 11 is 0. The number of rotatable bonds is 3. The van der Waals surface area contributed by atoms with Crippen molar-refractivity contribution in [2.45, 2.75) is 27.2 Å². The van der Waals surface area contributed by atoms with Crippen LogP contribution in [0, 0.1) is 24.5 Å². The Kier molecular flexibility index (Phi) is 3.70. The van der Waals surface area contributed by atoms with E-state index in [4.69, 9.17) is 4.42 Å². The zero-order chi connectivity index (χ0) is 15.0. The third-order valence-corrected chi connectivity index (χ3v) is 3.23. The van der Waals surface area contributed by atoms with E-state index in [0.717, 1.165) is 6.07 Å². The van der Waals surface area contributed by atoms with Crippen molar-refractivity contribution < 1.29 is 18.0 Å². The minimum Gasteiger partial charge on any atom is -0.419 e. The lowest BCUT2D eigenvalue weighted by Gasteiger charge is -2.06. The number of carbonyl (C=O) groups excluding carboxylic acids is 1. The van der Waals surface area contributed by atoms with Gasteiger partial charge in [-0.25, -0.2) is 13.6 Å². The third-order valence-electron chi connectivity index (χ3n) is 3.23. The van der Waals surface area contributed by atoms with Crippen molar-refractivity contribution in [2.75, 3.05) is 0 Å². The first-order chi connectivity index (χ1) is 9.31. The highest BCUT2D eigenvalue weighted by Crippen LogP contribution is 2.23. The third kappa shape index (κ3) is 2.48. The van der Waals surface area contributed by atoms with Crippen molar-refractivity contribution >= 4 is 16.8 Å². The maximum atomic E-state index is 13.8. The van der Waals surface area contributed by atoms with E-state index < -0.39 is 17.3 Å². The molecule has 0 N–H and O–H groups in total. The zero-order valence-corrected chi connectivity index (χ0v) is 11.4. The lowest BCUT2D eigenvalue weighted by Crippen LogP contribution is -2.17. The molecule has 106 valence electrons. The standard InChI is InChI=1S/C15H14F2O3/c1-7(2)12(18)6-10-4-9-5-11(16)8(3)13(17)14(9)20-15(10)19/h4-5,7H,6H2,1-3H3. The van der Waals surface area contributed by atoms with Crippen molar-refractivity contribution in [1.29, 1.82) is 0 Å². The summed E-state index contributed by atoms with van der Waals surface area (Å²) in [5.74, 6) is -1.97. The molecular weight excluding hydrogens is 266 g/mol. The van der Waals surface area contributed by atoms with Gasteiger partial charge in [0.25, 0.3) is 0 Å². The van der Waals surface area contributed by atoms with Gasteiger partial charge >= 0.3 is 5.63 Å². The van der Waals surface area contributed by atoms with E-state index in [1.54, 1.807) is 13.8 Å². The molecule has 0 aliphatic carbocycles. The fraction of sp³-hybridized carbons (Fsp3) is 0.333. The molecule has 3 nitrogen and oxygen atoms in total. The molecule has 2 aromatic rings. The van der Waals surface area contributed by atoms with Gasteiger partial charge < -0.3 is 4.42 Å². The SMILES string of the molecule is Cc1c(F)cc2cc(CC(=O)C(C)C)c(=O)oc2c1F. The number of hydrogen-bond donors (Lipinski definition) is 0. The maximum absolute atomic E-state index is 13.8. The van der Waals surface area contributed by atoms with E-state index in [2.05, 4.69) is 0 Å². The summed E-state index contributed by atoms with van der Waals surface area (Å²) in [4.78, 5) is 23.4. The summed E-state index contributed by atoms with van der Waals surface area (Å²) in [7, 11) is 0. The molecule has 20 heavy (non-hydrogen) atoms. The molecule has 0 aliphatic rings. The van der Waals surface area contributed by atoms with Crippen LogP contribution >= 0.6 is 0 Å². The zero-order valence-electron chi connectivity index (χ0n) is 11.4. The van der Waals surface area contributed by atoms with Gasteiger partial charge in [-0.2, -0.15) is 0 Å². The number of ketones is 1. The fourth-order valence-corrected chi connectivity index (χ4v) is 1.84. The number of Topliss-reactive ketones (excluding diaryl/α,β-unsaturated/α-hetero) is 1. The first kappa shape index (κ1) is 14.4. The lowest BCUT2D eigenvalue weighted by atomic mass is 10.0. The van der Waals surface area contributed by atoms with Gasteiger partial charge in [0.2, 0.25) is 0 Å². The van der Waals surface area contributed by atoms with Crippen LogP contribution in [0.5, 0.6) is 0 Å². The Bertz CT molecular complexity index is 745. The van der Waals surface area contributed by atoms with E-state index in [0.29, 0.717) is 0 Å². The topological polar surface area (TPSA) is 47.3 Å². The highest BCUT2D eigenvalue weighted by Gasteiger charge is 2.17. The normalized spacial score (nSPS) is 11.3. The predicted molar refractivity (Wildman–Crippen MR) is 70.7 cm³/mol. The molecule has 0 radical (unpaired) electrons. The van der Waals surface area contributed by atoms with Crippen LogP contribution in [0.3, 0.4) is 0 Å². The van der Waals surface area contributed by atoms with Crippen LogP contribution in [-0.2, 0) is 11.2 Å². The number of hydrogen-bond acceptors (Lipinski definition) is 3. The Balaban J connectivity index is 2.61. The van der Waals surface area contributed by atoms with Gasteiger partial charge in [0.1, 0.15) is 11.6 Å². The molecule has 0 saturated heterocycles. The smallest absolute Gasteiger partial charge is 0.340 e. The number of benzene rings is 1. The quantitative estimate of drug-likeness (QED) is 0.811. The van der Waals surface area contributed by atoms with Crippen LogP contribution in [0.2, 0.25) is 0 Å². The van der Waals surface area contributed by atoms with Crippen LogP contribution < -0.4 is 5.63 Å². The molecule has 0 aliphatic heterocycles. The summed E-state index contributed by atoms with van der Waals surface area (Å²) < 4.78 is 32.2. The first-order valence-corrected chi connectivity index (χ1v) is 6.25. The van der Waals surface area contributed by atoms with Crippen molar-refractivity contribution in [3.05, 3.63) is 45.3 Å². The molecule has 1 aromatic heterocycles. The Labute approximate surface area is 114 Å². The Morgan fingerprint density at radius 2 is 1.95 bits per heavy atom. The van der Waals surface area contributed by atoms with Crippen molar-refractivity contribution in [3.63, 3.8) is 0 Å². The van der Waals surface area contributed by atoms with E-state index in [1.165, 1.54) is 13.0 Å². The molecule has 0 spiro atoms. The van der Waals surface area contributed by atoms with E-state index in [9.17, 15) is 18.4 Å². The lowest BCUT2D eigenvalue weighted by molar-refractivity contribution is -0.121. The molecule has 0 atom stereocenters. The van der Waals surface area contributed by atoms with Gasteiger partial charge in [-0.3, -0.25) is 4.79 Å². The second kappa shape index (κ2) is 5.15. The monoisotopic (exact) mass is 280 g/mol. The molecule has 0 unspecified atom stereocenters. The van der Waals surface area contributed by atoms with Gasteiger partial charge in [-0.05, 0) is 19.1 Å². The molecule has 2 rings (SSSR count). The van der Waals surface area contributed by atoms with Crippen LogP contribution in [0.25, 0.3) is 11.0 Å². The van der Waals surface area contributed by atoms with Gasteiger partial charge in [0, 0.05) is 28.9 Å². The Morgan fingerprint density at radius 1 is 1.30 bits per heavy atom. The van der Waals surface area contributed by atoms with Crippen LogP contribution in [0.1, 0.15) is 25.0 Å². The predicted octanol–water partition coefficient (Wildman–Crippen LogP) is 3.15. The van der Waals surface area contributed by atoms with Crippen molar-refractivity contribution in [3.8, 4) is 0 Å². The van der Waals surface area contributed by atoms with E-state index in [-0.39, 0.29) is 40.2 Å². The van der Waals surface area contributed by atoms with Crippen LogP contribution in [0.15, 0.2) is 21.3 Å². The maximum Gasteiger partial charge on any atom is 0.340 e. The largest absolute Gasteiger partial charge is 0.419 e. The van der Waals surface area contributed by atoms with Crippen molar-refractivity contribution in [1.82, 2.24) is 0 Å². The molecular formula is C15H14F2O3.